The molecule has 1 aromatic rings. The maximum Gasteiger partial charge on any atom is 0.321 e. The zero-order valence-electron chi connectivity index (χ0n) is 11.9. The summed E-state index contributed by atoms with van der Waals surface area (Å²) in [5.74, 6) is 0.0181. The maximum atomic E-state index is 12.1. The van der Waals surface area contributed by atoms with Gasteiger partial charge < -0.3 is 15.0 Å². The van der Waals surface area contributed by atoms with E-state index in [0.717, 1.165) is 12.8 Å². The summed E-state index contributed by atoms with van der Waals surface area (Å²) in [5, 5.41) is 2.85. The van der Waals surface area contributed by atoms with E-state index in [1.807, 2.05) is 0 Å². The number of anilines is 1. The number of methoxy groups -OCH3 is 1. The van der Waals surface area contributed by atoms with Gasteiger partial charge in [-0.05, 0) is 44.0 Å². The standard InChI is InChI=1S/C15H20N2O3/c1-11(18)12-3-5-13(6-4-12)16-15(19)17-9-7-14(20-2)8-10-17/h3-6,14H,7-10H2,1-2H3,(H,16,19). The van der Waals surface area contributed by atoms with E-state index in [0.29, 0.717) is 24.3 Å². The fraction of sp³-hybridized carbons (Fsp3) is 0.467. The summed E-state index contributed by atoms with van der Waals surface area (Å²) >= 11 is 0. The van der Waals surface area contributed by atoms with Crippen molar-refractivity contribution in [1.82, 2.24) is 4.90 Å². The van der Waals surface area contributed by atoms with Gasteiger partial charge in [-0.2, -0.15) is 0 Å². The van der Waals surface area contributed by atoms with Crippen LogP contribution in [0.1, 0.15) is 30.1 Å². The predicted molar refractivity (Wildman–Crippen MR) is 77.1 cm³/mol. The number of benzene rings is 1. The number of piperidine rings is 1. The molecule has 2 amide bonds. The Hall–Kier alpha value is -1.88. The SMILES string of the molecule is COC1CCN(C(=O)Nc2ccc(C(C)=O)cc2)CC1. The lowest BCUT2D eigenvalue weighted by Gasteiger charge is -2.31. The van der Waals surface area contributed by atoms with E-state index in [4.69, 9.17) is 4.74 Å². The molecule has 0 atom stereocenters. The number of rotatable bonds is 3. The van der Waals surface area contributed by atoms with Crippen LogP contribution < -0.4 is 5.32 Å². The molecule has 1 N–H and O–H groups in total. The Morgan fingerprint density at radius 3 is 2.30 bits per heavy atom. The van der Waals surface area contributed by atoms with Crippen molar-refractivity contribution < 1.29 is 14.3 Å². The van der Waals surface area contributed by atoms with Crippen molar-refractivity contribution in [2.24, 2.45) is 0 Å². The van der Waals surface area contributed by atoms with Crippen LogP contribution in [0.25, 0.3) is 0 Å². The Morgan fingerprint density at radius 1 is 1.20 bits per heavy atom. The molecule has 0 radical (unpaired) electrons. The molecule has 1 saturated heterocycles. The highest BCUT2D eigenvalue weighted by Gasteiger charge is 2.22. The summed E-state index contributed by atoms with van der Waals surface area (Å²) in [5.41, 5.74) is 1.35. The number of nitrogens with zero attached hydrogens (tertiary/aromatic N) is 1. The number of likely N-dealkylation sites (tertiary alicyclic amines) is 1. The zero-order chi connectivity index (χ0) is 14.5. The quantitative estimate of drug-likeness (QED) is 0.863. The topological polar surface area (TPSA) is 58.6 Å². The molecule has 5 heteroatoms. The molecule has 0 unspecified atom stereocenters. The van der Waals surface area contributed by atoms with Gasteiger partial charge in [0.1, 0.15) is 0 Å². The summed E-state index contributed by atoms with van der Waals surface area (Å²) in [4.78, 5) is 25.1. The molecule has 1 aliphatic heterocycles. The van der Waals surface area contributed by atoms with Crippen molar-refractivity contribution in [3.8, 4) is 0 Å². The average Bonchev–Trinajstić information content (AvgIpc) is 2.48. The van der Waals surface area contributed by atoms with E-state index >= 15 is 0 Å². The largest absolute Gasteiger partial charge is 0.381 e. The Bertz CT molecular complexity index is 476. The van der Waals surface area contributed by atoms with Crippen LogP contribution in [0.4, 0.5) is 10.5 Å². The van der Waals surface area contributed by atoms with Gasteiger partial charge in [0.2, 0.25) is 0 Å². The lowest BCUT2D eigenvalue weighted by Crippen LogP contribution is -2.42. The molecule has 0 aromatic heterocycles. The van der Waals surface area contributed by atoms with Crippen LogP contribution in [-0.2, 0) is 4.74 Å². The van der Waals surface area contributed by atoms with Crippen molar-refractivity contribution in [3.05, 3.63) is 29.8 Å². The molecule has 0 aliphatic carbocycles. The molecule has 2 rings (SSSR count). The Balaban J connectivity index is 1.90. The maximum absolute atomic E-state index is 12.1. The van der Waals surface area contributed by atoms with E-state index in [9.17, 15) is 9.59 Å². The van der Waals surface area contributed by atoms with Crippen LogP contribution in [0, 0.1) is 0 Å². The average molecular weight is 276 g/mol. The second-order valence-electron chi connectivity index (χ2n) is 4.99. The van der Waals surface area contributed by atoms with E-state index in [1.165, 1.54) is 6.92 Å². The van der Waals surface area contributed by atoms with Gasteiger partial charge in [-0.25, -0.2) is 4.79 Å². The summed E-state index contributed by atoms with van der Waals surface area (Å²) < 4.78 is 5.28. The van der Waals surface area contributed by atoms with Gasteiger partial charge >= 0.3 is 6.03 Å². The number of ketones is 1. The van der Waals surface area contributed by atoms with Gasteiger partial charge in [0.15, 0.2) is 5.78 Å². The molecule has 0 saturated carbocycles. The third kappa shape index (κ3) is 3.57. The zero-order valence-corrected chi connectivity index (χ0v) is 11.9. The molecule has 1 fully saturated rings. The molecule has 1 heterocycles. The lowest BCUT2D eigenvalue weighted by atomic mass is 10.1. The Kier molecular flexibility index (Phi) is 4.74. The second kappa shape index (κ2) is 6.52. The van der Waals surface area contributed by atoms with Crippen molar-refractivity contribution in [2.75, 3.05) is 25.5 Å². The fourth-order valence-corrected chi connectivity index (χ4v) is 2.29. The molecular weight excluding hydrogens is 256 g/mol. The molecule has 1 aromatic carbocycles. The van der Waals surface area contributed by atoms with E-state index in [1.54, 1.807) is 36.3 Å². The number of ether oxygens (including phenoxy) is 1. The van der Waals surface area contributed by atoms with Crippen molar-refractivity contribution in [1.29, 1.82) is 0 Å². The Morgan fingerprint density at radius 2 is 1.80 bits per heavy atom. The number of carbonyl (C=O) groups is 2. The number of hydrogen-bond donors (Lipinski definition) is 1. The minimum Gasteiger partial charge on any atom is -0.381 e. The summed E-state index contributed by atoms with van der Waals surface area (Å²) in [7, 11) is 1.71. The summed E-state index contributed by atoms with van der Waals surface area (Å²) in [6.45, 7) is 2.93. The van der Waals surface area contributed by atoms with Crippen molar-refractivity contribution in [3.63, 3.8) is 0 Å². The summed E-state index contributed by atoms with van der Waals surface area (Å²) in [6.07, 6.45) is 1.99. The molecular formula is C15H20N2O3. The van der Waals surface area contributed by atoms with Crippen LogP contribution in [0.2, 0.25) is 0 Å². The second-order valence-corrected chi connectivity index (χ2v) is 4.99. The number of Topliss-reactive ketones (excluding diaryl/α,β-unsaturated/α-hetero) is 1. The van der Waals surface area contributed by atoms with Crippen molar-refractivity contribution in [2.45, 2.75) is 25.9 Å². The van der Waals surface area contributed by atoms with Gasteiger partial charge in [0.05, 0.1) is 6.10 Å². The highest BCUT2D eigenvalue weighted by atomic mass is 16.5. The monoisotopic (exact) mass is 276 g/mol. The van der Waals surface area contributed by atoms with Crippen LogP contribution >= 0.6 is 0 Å². The minimum atomic E-state index is -0.102. The summed E-state index contributed by atoms with van der Waals surface area (Å²) in [6, 6.07) is 6.83. The van der Waals surface area contributed by atoms with Crippen molar-refractivity contribution >= 4 is 17.5 Å². The first-order chi connectivity index (χ1) is 9.60. The van der Waals surface area contributed by atoms with Crippen LogP contribution in [0.5, 0.6) is 0 Å². The molecule has 1 aliphatic rings. The normalized spacial score (nSPS) is 16.0. The van der Waals surface area contributed by atoms with Gasteiger partial charge in [-0.15, -0.1) is 0 Å². The number of urea groups is 1. The molecule has 0 bridgehead atoms. The number of hydrogen-bond acceptors (Lipinski definition) is 3. The molecule has 0 spiro atoms. The van der Waals surface area contributed by atoms with Crippen LogP contribution in [0.3, 0.4) is 0 Å². The fourth-order valence-electron chi connectivity index (χ4n) is 2.29. The third-order valence-corrected chi connectivity index (χ3v) is 3.61. The van der Waals surface area contributed by atoms with Gasteiger partial charge in [-0.1, -0.05) is 0 Å². The highest BCUT2D eigenvalue weighted by Crippen LogP contribution is 2.15. The van der Waals surface area contributed by atoms with Gasteiger partial charge in [0, 0.05) is 31.5 Å². The first kappa shape index (κ1) is 14.5. The van der Waals surface area contributed by atoms with Crippen LogP contribution in [-0.4, -0.2) is 43.0 Å². The van der Waals surface area contributed by atoms with Gasteiger partial charge in [-0.3, -0.25) is 4.79 Å². The minimum absolute atomic E-state index is 0.0181. The lowest BCUT2D eigenvalue weighted by molar-refractivity contribution is 0.0521. The smallest absolute Gasteiger partial charge is 0.321 e. The van der Waals surface area contributed by atoms with E-state index < -0.39 is 0 Å². The van der Waals surface area contributed by atoms with E-state index in [2.05, 4.69) is 5.32 Å². The predicted octanol–water partition coefficient (Wildman–Crippen LogP) is 2.53. The number of amides is 2. The van der Waals surface area contributed by atoms with E-state index in [-0.39, 0.29) is 17.9 Å². The third-order valence-electron chi connectivity index (χ3n) is 3.61. The first-order valence-electron chi connectivity index (χ1n) is 6.80. The number of carbonyl (C=O) groups excluding carboxylic acids is 2. The molecule has 108 valence electrons. The molecule has 20 heavy (non-hydrogen) atoms. The molecule has 5 nitrogen and oxygen atoms in total. The first-order valence-corrected chi connectivity index (χ1v) is 6.80. The Labute approximate surface area is 118 Å². The van der Waals surface area contributed by atoms with Gasteiger partial charge in [0.25, 0.3) is 0 Å². The highest BCUT2D eigenvalue weighted by molar-refractivity contribution is 5.95. The number of nitrogens with one attached hydrogen (secondary N) is 1. The van der Waals surface area contributed by atoms with Crippen LogP contribution in [0.15, 0.2) is 24.3 Å².